The van der Waals surface area contributed by atoms with E-state index in [9.17, 15) is 5.11 Å². The molecule has 1 fully saturated rings. The summed E-state index contributed by atoms with van der Waals surface area (Å²) in [6.45, 7) is 1.38. The summed E-state index contributed by atoms with van der Waals surface area (Å²) in [6, 6.07) is 3.62. The van der Waals surface area contributed by atoms with Crippen molar-refractivity contribution in [1.29, 1.82) is 0 Å². The van der Waals surface area contributed by atoms with Gasteiger partial charge in [0.25, 0.3) is 0 Å². The fraction of sp³-hybridized carbons (Fsp3) is 0.444. The molecule has 0 saturated carbocycles. The van der Waals surface area contributed by atoms with Crippen molar-refractivity contribution in [3.8, 4) is 0 Å². The van der Waals surface area contributed by atoms with Crippen LogP contribution in [0.2, 0.25) is 0 Å². The summed E-state index contributed by atoms with van der Waals surface area (Å²) in [7, 11) is 0. The molecule has 2 rings (SSSR count). The molecule has 0 radical (unpaired) electrons. The van der Waals surface area contributed by atoms with E-state index < -0.39 is 5.60 Å². The maximum Gasteiger partial charge on any atom is 0.129 e. The van der Waals surface area contributed by atoms with Crippen LogP contribution in [-0.2, 0) is 5.60 Å². The highest BCUT2D eigenvalue weighted by molar-refractivity contribution is 5.43. The van der Waals surface area contributed by atoms with Crippen molar-refractivity contribution >= 4 is 5.82 Å². The number of nitrogens with one attached hydrogen (secondary N) is 1. The van der Waals surface area contributed by atoms with E-state index >= 15 is 0 Å². The highest BCUT2D eigenvalue weighted by atomic mass is 16.3. The zero-order valence-electron chi connectivity index (χ0n) is 7.33. The third-order valence-electron chi connectivity index (χ3n) is 2.47. The Labute approximate surface area is 76.8 Å². The van der Waals surface area contributed by atoms with Crippen LogP contribution < -0.4 is 11.1 Å². The summed E-state index contributed by atoms with van der Waals surface area (Å²) in [5, 5.41) is 13.3. The predicted molar refractivity (Wildman–Crippen MR) is 50.0 cm³/mol. The van der Waals surface area contributed by atoms with Crippen molar-refractivity contribution in [2.24, 2.45) is 0 Å². The molecule has 0 spiro atoms. The molecule has 0 aliphatic carbocycles. The number of aliphatic hydroxyl groups is 1. The molecule has 0 bridgehead atoms. The number of nitrogens with two attached hydrogens (primary N) is 1. The van der Waals surface area contributed by atoms with Crippen LogP contribution in [0, 0.1) is 0 Å². The number of rotatable bonds is 1. The molecule has 1 aromatic rings. The third kappa shape index (κ3) is 1.38. The van der Waals surface area contributed by atoms with Gasteiger partial charge in [0.05, 0.1) is 0 Å². The Morgan fingerprint density at radius 2 is 2.46 bits per heavy atom. The van der Waals surface area contributed by atoms with Gasteiger partial charge in [-0.15, -0.1) is 0 Å². The van der Waals surface area contributed by atoms with Crippen LogP contribution in [0.1, 0.15) is 12.0 Å². The second kappa shape index (κ2) is 2.97. The molecule has 4 N–H and O–H groups in total. The van der Waals surface area contributed by atoms with Gasteiger partial charge in [-0.3, -0.25) is 0 Å². The van der Waals surface area contributed by atoms with Crippen molar-refractivity contribution in [3.63, 3.8) is 0 Å². The first-order chi connectivity index (χ1) is 6.22. The van der Waals surface area contributed by atoms with Crippen LogP contribution in [-0.4, -0.2) is 23.2 Å². The minimum Gasteiger partial charge on any atom is -0.384 e. The lowest BCUT2D eigenvalue weighted by atomic mass is 9.94. The monoisotopic (exact) mass is 179 g/mol. The number of pyridine rings is 1. The smallest absolute Gasteiger partial charge is 0.129 e. The van der Waals surface area contributed by atoms with Gasteiger partial charge in [-0.2, -0.15) is 0 Å². The van der Waals surface area contributed by atoms with Gasteiger partial charge in [0, 0.05) is 18.3 Å². The number of hydrogen-bond acceptors (Lipinski definition) is 4. The normalized spacial score (nSPS) is 27.8. The van der Waals surface area contributed by atoms with Gasteiger partial charge in [-0.25, -0.2) is 4.98 Å². The number of anilines is 1. The molecule has 1 aliphatic rings. The topological polar surface area (TPSA) is 71.2 Å². The minimum atomic E-state index is -0.821. The predicted octanol–water partition coefficient (Wildman–Crippen LogP) is -0.155. The lowest BCUT2D eigenvalue weighted by Gasteiger charge is -2.22. The van der Waals surface area contributed by atoms with Crippen LogP contribution in [0.5, 0.6) is 0 Å². The van der Waals surface area contributed by atoms with Crippen molar-refractivity contribution in [2.75, 3.05) is 18.8 Å². The summed E-state index contributed by atoms with van der Waals surface area (Å²) < 4.78 is 0. The van der Waals surface area contributed by atoms with Gasteiger partial charge < -0.3 is 16.2 Å². The SMILES string of the molecule is Nc1ncccc1C1(O)CCNC1. The summed E-state index contributed by atoms with van der Waals surface area (Å²) >= 11 is 0. The van der Waals surface area contributed by atoms with Gasteiger partial charge in [0.1, 0.15) is 11.4 Å². The van der Waals surface area contributed by atoms with Crippen molar-refractivity contribution in [3.05, 3.63) is 23.9 Å². The largest absolute Gasteiger partial charge is 0.384 e. The van der Waals surface area contributed by atoms with Crippen molar-refractivity contribution in [1.82, 2.24) is 10.3 Å². The molecule has 1 aromatic heterocycles. The summed E-state index contributed by atoms with van der Waals surface area (Å²) in [5.74, 6) is 0.425. The zero-order valence-corrected chi connectivity index (χ0v) is 7.33. The minimum absolute atomic E-state index is 0.425. The molecule has 70 valence electrons. The second-order valence-corrected chi connectivity index (χ2v) is 3.39. The first kappa shape index (κ1) is 8.47. The van der Waals surface area contributed by atoms with E-state index in [1.165, 1.54) is 0 Å². The zero-order chi connectivity index (χ0) is 9.31. The molecule has 1 saturated heterocycles. The second-order valence-electron chi connectivity index (χ2n) is 3.39. The van der Waals surface area contributed by atoms with Gasteiger partial charge in [0.15, 0.2) is 0 Å². The molecule has 13 heavy (non-hydrogen) atoms. The van der Waals surface area contributed by atoms with Crippen LogP contribution in [0.4, 0.5) is 5.82 Å². The molecule has 1 unspecified atom stereocenters. The lowest BCUT2D eigenvalue weighted by Crippen LogP contribution is -2.29. The van der Waals surface area contributed by atoms with Crippen LogP contribution in [0.3, 0.4) is 0 Å². The van der Waals surface area contributed by atoms with E-state index in [1.54, 1.807) is 12.3 Å². The summed E-state index contributed by atoms with van der Waals surface area (Å²) in [5.41, 5.74) is 5.60. The standard InChI is InChI=1S/C9H13N3O/c10-8-7(2-1-4-12-8)9(13)3-5-11-6-9/h1-2,4,11,13H,3,5-6H2,(H2,10,12). The number of β-amino-alcohol motifs (C(OH)–C–C–N with tert-alkyl or cyclic N) is 1. The maximum absolute atomic E-state index is 10.2. The molecule has 4 heteroatoms. The molecule has 0 aromatic carbocycles. The van der Waals surface area contributed by atoms with E-state index in [0.717, 1.165) is 12.1 Å². The number of aromatic nitrogens is 1. The molecular weight excluding hydrogens is 166 g/mol. The Morgan fingerprint density at radius 3 is 3.08 bits per heavy atom. The van der Waals surface area contributed by atoms with Crippen LogP contribution in [0.25, 0.3) is 0 Å². The number of hydrogen-bond donors (Lipinski definition) is 3. The molecule has 1 aliphatic heterocycles. The third-order valence-corrected chi connectivity index (χ3v) is 2.47. The van der Waals surface area contributed by atoms with Crippen LogP contribution in [0.15, 0.2) is 18.3 Å². The van der Waals surface area contributed by atoms with Gasteiger partial charge in [-0.05, 0) is 19.0 Å². The van der Waals surface area contributed by atoms with E-state index in [4.69, 9.17) is 5.73 Å². The quantitative estimate of drug-likeness (QED) is 0.560. The maximum atomic E-state index is 10.2. The highest BCUT2D eigenvalue weighted by Crippen LogP contribution is 2.30. The number of nitrogens with zero attached hydrogens (tertiary/aromatic N) is 1. The van der Waals surface area contributed by atoms with E-state index in [2.05, 4.69) is 10.3 Å². The van der Waals surface area contributed by atoms with E-state index in [0.29, 0.717) is 18.8 Å². The fourth-order valence-electron chi connectivity index (χ4n) is 1.72. The van der Waals surface area contributed by atoms with Gasteiger partial charge >= 0.3 is 0 Å². The van der Waals surface area contributed by atoms with E-state index in [-0.39, 0.29) is 0 Å². The molecular formula is C9H13N3O. The lowest BCUT2D eigenvalue weighted by molar-refractivity contribution is 0.0592. The highest BCUT2D eigenvalue weighted by Gasteiger charge is 2.34. The van der Waals surface area contributed by atoms with Gasteiger partial charge in [0.2, 0.25) is 0 Å². The Hall–Kier alpha value is -1.13. The average Bonchev–Trinajstić information content (AvgIpc) is 2.54. The Morgan fingerprint density at radius 1 is 1.62 bits per heavy atom. The fourth-order valence-corrected chi connectivity index (χ4v) is 1.72. The average molecular weight is 179 g/mol. The van der Waals surface area contributed by atoms with Crippen molar-refractivity contribution < 1.29 is 5.11 Å². The molecule has 0 amide bonds. The molecule has 1 atom stereocenters. The number of nitrogen functional groups attached to an aromatic ring is 1. The Balaban J connectivity index is 2.39. The van der Waals surface area contributed by atoms with Crippen molar-refractivity contribution in [2.45, 2.75) is 12.0 Å². The Bertz CT molecular complexity index is 307. The Kier molecular flexibility index (Phi) is 1.94. The summed E-state index contributed by atoms with van der Waals surface area (Å²) in [4.78, 5) is 3.96. The van der Waals surface area contributed by atoms with Gasteiger partial charge in [-0.1, -0.05) is 6.07 Å². The molecule has 4 nitrogen and oxygen atoms in total. The first-order valence-electron chi connectivity index (χ1n) is 4.36. The van der Waals surface area contributed by atoms with E-state index in [1.807, 2.05) is 6.07 Å². The molecule has 2 heterocycles. The first-order valence-corrected chi connectivity index (χ1v) is 4.36. The summed E-state index contributed by atoms with van der Waals surface area (Å²) in [6.07, 6.45) is 2.33. The van der Waals surface area contributed by atoms with Crippen LogP contribution >= 0.6 is 0 Å².